The van der Waals surface area contributed by atoms with E-state index in [1.54, 1.807) is 0 Å². The standard InChI is InChI=1S/C11H16N2O6/c1-12-3-5(10(17)13(2)11(12)18)9-8(16)7(15)6(4-14)19-9/h3,6-9,14-16H,4H2,1-2H3/t6-,7?,8+,9+/m1/s1. The highest BCUT2D eigenvalue weighted by atomic mass is 16.6. The predicted octanol–water partition coefficient (Wildman–Crippen LogP) is -2.76. The maximum Gasteiger partial charge on any atom is 0.330 e. The second kappa shape index (κ2) is 4.89. The minimum Gasteiger partial charge on any atom is -0.394 e. The Kier molecular flexibility index (Phi) is 3.59. The molecule has 1 aromatic heterocycles. The SMILES string of the molecule is Cn1cc([C@@H]2O[C@H](CO)C(O)[C@@H]2O)c(=O)n(C)c1=O. The van der Waals surface area contributed by atoms with Crippen LogP contribution < -0.4 is 11.2 Å². The molecule has 1 aliphatic heterocycles. The zero-order valence-corrected chi connectivity index (χ0v) is 10.6. The fraction of sp³-hybridized carbons (Fsp3) is 0.636. The molecule has 0 radical (unpaired) electrons. The van der Waals surface area contributed by atoms with Crippen molar-refractivity contribution in [3.63, 3.8) is 0 Å². The molecule has 1 saturated heterocycles. The lowest BCUT2D eigenvalue weighted by atomic mass is 10.0. The fourth-order valence-electron chi connectivity index (χ4n) is 2.19. The summed E-state index contributed by atoms with van der Waals surface area (Å²) in [7, 11) is 2.78. The molecule has 8 heteroatoms. The maximum absolute atomic E-state index is 12.0. The van der Waals surface area contributed by atoms with Crippen LogP contribution in [0.3, 0.4) is 0 Å². The lowest BCUT2D eigenvalue weighted by Crippen LogP contribution is -2.40. The van der Waals surface area contributed by atoms with E-state index in [1.807, 2.05) is 0 Å². The number of aliphatic hydroxyl groups is 3. The van der Waals surface area contributed by atoms with E-state index in [9.17, 15) is 19.8 Å². The first-order valence-corrected chi connectivity index (χ1v) is 5.77. The summed E-state index contributed by atoms with van der Waals surface area (Å²) in [6.45, 7) is -0.471. The Bertz CT molecular complexity index is 592. The molecule has 1 fully saturated rings. The van der Waals surface area contributed by atoms with Crippen LogP contribution in [0.1, 0.15) is 11.7 Å². The van der Waals surface area contributed by atoms with E-state index in [4.69, 9.17) is 9.84 Å². The first-order valence-electron chi connectivity index (χ1n) is 5.77. The molecule has 1 aromatic rings. The molecule has 0 spiro atoms. The second-order valence-electron chi connectivity index (χ2n) is 4.60. The van der Waals surface area contributed by atoms with Crippen LogP contribution in [0.15, 0.2) is 15.8 Å². The molecular weight excluding hydrogens is 256 g/mol. The van der Waals surface area contributed by atoms with Gasteiger partial charge >= 0.3 is 5.69 Å². The summed E-state index contributed by atoms with van der Waals surface area (Å²) in [4.78, 5) is 23.5. The third kappa shape index (κ3) is 2.12. The van der Waals surface area contributed by atoms with Gasteiger partial charge in [0.25, 0.3) is 5.56 Å². The lowest BCUT2D eigenvalue weighted by molar-refractivity contribution is -0.0234. The van der Waals surface area contributed by atoms with Gasteiger partial charge in [0.2, 0.25) is 0 Å². The van der Waals surface area contributed by atoms with Gasteiger partial charge in [-0.15, -0.1) is 0 Å². The summed E-state index contributed by atoms with van der Waals surface area (Å²) in [5, 5.41) is 28.5. The average Bonchev–Trinajstić information content (AvgIpc) is 2.68. The third-order valence-corrected chi connectivity index (χ3v) is 3.32. The molecule has 0 bridgehead atoms. The highest BCUT2D eigenvalue weighted by Gasteiger charge is 2.44. The Labute approximate surface area is 108 Å². The second-order valence-corrected chi connectivity index (χ2v) is 4.60. The number of nitrogens with zero attached hydrogens (tertiary/aromatic N) is 2. The van der Waals surface area contributed by atoms with Gasteiger partial charge in [0, 0.05) is 20.3 Å². The maximum atomic E-state index is 12.0. The van der Waals surface area contributed by atoms with Crippen molar-refractivity contribution in [3.8, 4) is 0 Å². The number of aromatic nitrogens is 2. The Morgan fingerprint density at radius 2 is 1.89 bits per heavy atom. The Hall–Kier alpha value is -1.48. The normalized spacial score (nSPS) is 30.8. The average molecular weight is 272 g/mol. The number of rotatable bonds is 2. The Balaban J connectivity index is 2.50. The van der Waals surface area contributed by atoms with Crippen LogP contribution >= 0.6 is 0 Å². The Morgan fingerprint density at radius 3 is 2.42 bits per heavy atom. The van der Waals surface area contributed by atoms with Gasteiger partial charge in [-0.2, -0.15) is 0 Å². The molecule has 8 nitrogen and oxygen atoms in total. The summed E-state index contributed by atoms with van der Waals surface area (Å²) >= 11 is 0. The number of aryl methyl sites for hydroxylation is 1. The molecular formula is C11H16N2O6. The molecule has 106 valence electrons. The first kappa shape index (κ1) is 13.9. The number of hydrogen-bond acceptors (Lipinski definition) is 6. The quantitative estimate of drug-likeness (QED) is 0.537. The largest absolute Gasteiger partial charge is 0.394 e. The summed E-state index contributed by atoms with van der Waals surface area (Å²) in [5.74, 6) is 0. The van der Waals surface area contributed by atoms with Gasteiger partial charge in [0.1, 0.15) is 24.4 Å². The van der Waals surface area contributed by atoms with Crippen molar-refractivity contribution in [1.82, 2.24) is 9.13 Å². The molecule has 0 amide bonds. The first-order chi connectivity index (χ1) is 8.88. The third-order valence-electron chi connectivity index (χ3n) is 3.32. The predicted molar refractivity (Wildman–Crippen MR) is 63.6 cm³/mol. The molecule has 3 N–H and O–H groups in total. The van der Waals surface area contributed by atoms with Crippen LogP contribution in [-0.4, -0.2) is 49.4 Å². The molecule has 0 saturated carbocycles. The van der Waals surface area contributed by atoms with Crippen LogP contribution in [-0.2, 0) is 18.8 Å². The highest BCUT2D eigenvalue weighted by molar-refractivity contribution is 5.14. The van der Waals surface area contributed by atoms with Crippen molar-refractivity contribution in [2.45, 2.75) is 24.4 Å². The zero-order valence-electron chi connectivity index (χ0n) is 10.6. The van der Waals surface area contributed by atoms with E-state index in [0.717, 1.165) is 4.57 Å². The van der Waals surface area contributed by atoms with Gasteiger partial charge in [0.15, 0.2) is 0 Å². The summed E-state index contributed by atoms with van der Waals surface area (Å²) in [6.07, 6.45) is -3.37. The molecule has 1 unspecified atom stereocenters. The summed E-state index contributed by atoms with van der Waals surface area (Å²) in [5.41, 5.74) is -1.04. The van der Waals surface area contributed by atoms with E-state index < -0.39 is 42.3 Å². The van der Waals surface area contributed by atoms with E-state index >= 15 is 0 Å². The van der Waals surface area contributed by atoms with Gasteiger partial charge in [-0.3, -0.25) is 9.36 Å². The van der Waals surface area contributed by atoms with Gasteiger partial charge in [-0.05, 0) is 0 Å². The summed E-state index contributed by atoms with van der Waals surface area (Å²) in [6, 6.07) is 0. The zero-order chi connectivity index (χ0) is 14.3. The summed E-state index contributed by atoms with van der Waals surface area (Å²) < 4.78 is 7.35. The van der Waals surface area contributed by atoms with E-state index in [0.29, 0.717) is 0 Å². The van der Waals surface area contributed by atoms with Crippen LogP contribution in [0, 0.1) is 0 Å². The van der Waals surface area contributed by atoms with Crippen molar-refractivity contribution in [1.29, 1.82) is 0 Å². The van der Waals surface area contributed by atoms with Crippen molar-refractivity contribution in [3.05, 3.63) is 32.6 Å². The molecule has 0 aliphatic carbocycles. The fourth-order valence-corrected chi connectivity index (χ4v) is 2.19. The molecule has 2 heterocycles. The van der Waals surface area contributed by atoms with E-state index in [2.05, 4.69) is 0 Å². The number of ether oxygens (including phenoxy) is 1. The van der Waals surface area contributed by atoms with Gasteiger partial charge < -0.3 is 24.6 Å². The highest BCUT2D eigenvalue weighted by Crippen LogP contribution is 2.31. The lowest BCUT2D eigenvalue weighted by Gasteiger charge is -2.15. The Morgan fingerprint density at radius 1 is 1.26 bits per heavy atom. The van der Waals surface area contributed by atoms with Crippen LogP contribution in [0.25, 0.3) is 0 Å². The molecule has 0 aromatic carbocycles. The van der Waals surface area contributed by atoms with Crippen LogP contribution in [0.2, 0.25) is 0 Å². The number of hydrogen-bond donors (Lipinski definition) is 3. The molecule has 2 rings (SSSR count). The molecule has 4 atom stereocenters. The molecule has 1 aliphatic rings. The van der Waals surface area contributed by atoms with Crippen molar-refractivity contribution in [2.24, 2.45) is 14.1 Å². The van der Waals surface area contributed by atoms with Gasteiger partial charge in [0.05, 0.1) is 12.2 Å². The monoisotopic (exact) mass is 272 g/mol. The van der Waals surface area contributed by atoms with Gasteiger partial charge in [-0.25, -0.2) is 4.79 Å². The van der Waals surface area contributed by atoms with Crippen molar-refractivity contribution >= 4 is 0 Å². The van der Waals surface area contributed by atoms with Crippen molar-refractivity contribution in [2.75, 3.05) is 6.61 Å². The van der Waals surface area contributed by atoms with Crippen LogP contribution in [0.4, 0.5) is 0 Å². The smallest absolute Gasteiger partial charge is 0.330 e. The van der Waals surface area contributed by atoms with Gasteiger partial charge in [-0.1, -0.05) is 0 Å². The van der Waals surface area contributed by atoms with E-state index in [1.165, 1.54) is 24.9 Å². The van der Waals surface area contributed by atoms with Crippen LogP contribution in [0.5, 0.6) is 0 Å². The minimum absolute atomic E-state index is 0.0621. The van der Waals surface area contributed by atoms with Crippen molar-refractivity contribution < 1.29 is 20.1 Å². The topological polar surface area (TPSA) is 114 Å². The number of aliphatic hydroxyl groups excluding tert-OH is 3. The minimum atomic E-state index is -1.33. The van der Waals surface area contributed by atoms with E-state index in [-0.39, 0.29) is 5.56 Å². The molecule has 19 heavy (non-hydrogen) atoms.